The van der Waals surface area contributed by atoms with Crippen molar-refractivity contribution < 1.29 is 0 Å². The quantitative estimate of drug-likeness (QED) is 0.601. The van der Waals surface area contributed by atoms with Crippen LogP contribution in [0.1, 0.15) is 29.7 Å². The van der Waals surface area contributed by atoms with Crippen molar-refractivity contribution >= 4 is 32.5 Å². The molecular formula is C20H18N4OS. The molecule has 2 aromatic heterocycles. The molecule has 1 fully saturated rings. The minimum absolute atomic E-state index is 0.0682. The van der Waals surface area contributed by atoms with Gasteiger partial charge in [-0.3, -0.25) is 9.69 Å². The highest BCUT2D eigenvalue weighted by Gasteiger charge is 2.29. The van der Waals surface area contributed by atoms with Gasteiger partial charge in [-0.05, 0) is 43.7 Å². The lowest BCUT2D eigenvalue weighted by Gasteiger charge is -2.22. The molecule has 0 bridgehead atoms. The molecule has 1 aliphatic rings. The van der Waals surface area contributed by atoms with Gasteiger partial charge in [0.1, 0.15) is 10.8 Å². The lowest BCUT2D eigenvalue weighted by atomic mass is 10.2. The largest absolute Gasteiger partial charge is 0.309 e. The molecule has 1 aliphatic heterocycles. The number of aromatic amines is 1. The maximum atomic E-state index is 12.3. The Balaban J connectivity index is 1.47. The van der Waals surface area contributed by atoms with Crippen molar-refractivity contribution in [3.63, 3.8) is 0 Å². The van der Waals surface area contributed by atoms with Crippen LogP contribution in [0.5, 0.6) is 0 Å². The number of hydrogen-bond donors (Lipinski definition) is 1. The van der Waals surface area contributed by atoms with Gasteiger partial charge in [0, 0.05) is 0 Å². The van der Waals surface area contributed by atoms with Gasteiger partial charge in [0.05, 0.1) is 33.7 Å². The van der Waals surface area contributed by atoms with Gasteiger partial charge in [-0.25, -0.2) is 9.97 Å². The van der Waals surface area contributed by atoms with Crippen molar-refractivity contribution in [2.45, 2.75) is 25.4 Å². The van der Waals surface area contributed by atoms with Crippen molar-refractivity contribution in [2.75, 3.05) is 6.54 Å². The fourth-order valence-electron chi connectivity index (χ4n) is 3.73. The van der Waals surface area contributed by atoms with E-state index in [-0.39, 0.29) is 5.56 Å². The summed E-state index contributed by atoms with van der Waals surface area (Å²) in [7, 11) is 0. The van der Waals surface area contributed by atoms with Crippen LogP contribution in [0.15, 0.2) is 53.3 Å². The highest BCUT2D eigenvalue weighted by atomic mass is 32.1. The average Bonchev–Trinajstić information content (AvgIpc) is 3.28. The van der Waals surface area contributed by atoms with E-state index >= 15 is 0 Å². The van der Waals surface area contributed by atoms with Gasteiger partial charge in [-0.2, -0.15) is 0 Å². The Morgan fingerprint density at radius 2 is 1.88 bits per heavy atom. The number of H-pyrrole nitrogens is 1. The van der Waals surface area contributed by atoms with Gasteiger partial charge < -0.3 is 4.98 Å². The summed E-state index contributed by atoms with van der Waals surface area (Å²) in [5.41, 5.74) is 1.75. The first-order valence-corrected chi connectivity index (χ1v) is 9.67. The molecular weight excluding hydrogens is 344 g/mol. The Hall–Kier alpha value is -2.57. The number of hydrogen-bond acceptors (Lipinski definition) is 5. The second-order valence-electron chi connectivity index (χ2n) is 6.68. The third-order valence-corrected chi connectivity index (χ3v) is 6.11. The SMILES string of the molecule is O=c1[nH]c(CN2CCC[C@@H]2c2nc3ccccc3s2)nc2ccccc12. The van der Waals surface area contributed by atoms with Crippen LogP contribution in [0.25, 0.3) is 21.1 Å². The van der Waals surface area contributed by atoms with Gasteiger partial charge in [0.25, 0.3) is 5.56 Å². The Morgan fingerprint density at radius 3 is 2.77 bits per heavy atom. The Labute approximate surface area is 154 Å². The number of benzene rings is 2. The lowest BCUT2D eigenvalue weighted by molar-refractivity contribution is 0.242. The molecule has 0 radical (unpaired) electrons. The number of nitrogens with zero attached hydrogens (tertiary/aromatic N) is 3. The number of rotatable bonds is 3. The van der Waals surface area contributed by atoms with Crippen LogP contribution in [0.2, 0.25) is 0 Å². The van der Waals surface area contributed by atoms with Gasteiger partial charge in [-0.1, -0.05) is 24.3 Å². The molecule has 6 heteroatoms. The number of aromatic nitrogens is 3. The van der Waals surface area contributed by atoms with Crippen molar-refractivity contribution in [1.82, 2.24) is 19.9 Å². The molecule has 0 spiro atoms. The lowest BCUT2D eigenvalue weighted by Crippen LogP contribution is -2.25. The molecule has 2 aromatic carbocycles. The molecule has 0 amide bonds. The first kappa shape index (κ1) is 15.7. The zero-order valence-electron chi connectivity index (χ0n) is 14.2. The summed E-state index contributed by atoms with van der Waals surface area (Å²) in [5.74, 6) is 0.724. The van der Waals surface area contributed by atoms with E-state index < -0.39 is 0 Å². The minimum atomic E-state index is -0.0682. The summed E-state index contributed by atoms with van der Waals surface area (Å²) in [6, 6.07) is 16.1. The topological polar surface area (TPSA) is 61.9 Å². The predicted molar refractivity (Wildman–Crippen MR) is 104 cm³/mol. The van der Waals surface area contributed by atoms with E-state index in [9.17, 15) is 4.79 Å². The minimum Gasteiger partial charge on any atom is -0.309 e. The summed E-state index contributed by atoms with van der Waals surface area (Å²) < 4.78 is 1.23. The number of thiazole rings is 1. The molecule has 1 N–H and O–H groups in total. The van der Waals surface area contributed by atoms with E-state index in [1.807, 2.05) is 30.3 Å². The Morgan fingerprint density at radius 1 is 1.08 bits per heavy atom. The third-order valence-electron chi connectivity index (χ3n) is 4.97. The summed E-state index contributed by atoms with van der Waals surface area (Å²) in [5, 5.41) is 1.80. The van der Waals surface area contributed by atoms with E-state index in [4.69, 9.17) is 4.98 Å². The van der Waals surface area contributed by atoms with Crippen LogP contribution in [0.3, 0.4) is 0 Å². The summed E-state index contributed by atoms with van der Waals surface area (Å²) in [4.78, 5) is 27.1. The van der Waals surface area contributed by atoms with E-state index in [2.05, 4.69) is 33.1 Å². The number of fused-ring (bicyclic) bond motifs is 2. The summed E-state index contributed by atoms with van der Waals surface area (Å²) >= 11 is 1.77. The molecule has 1 atom stereocenters. The fourth-order valence-corrected chi connectivity index (χ4v) is 4.87. The molecule has 4 aromatic rings. The highest BCUT2D eigenvalue weighted by molar-refractivity contribution is 7.18. The van der Waals surface area contributed by atoms with Crippen LogP contribution in [-0.4, -0.2) is 26.4 Å². The van der Waals surface area contributed by atoms with E-state index in [1.54, 1.807) is 11.3 Å². The van der Waals surface area contributed by atoms with E-state index in [0.29, 0.717) is 18.0 Å². The molecule has 5 rings (SSSR count). The summed E-state index contributed by atoms with van der Waals surface area (Å²) in [6.45, 7) is 1.64. The first-order chi connectivity index (χ1) is 12.8. The molecule has 0 saturated carbocycles. The first-order valence-electron chi connectivity index (χ1n) is 8.85. The average molecular weight is 362 g/mol. The van der Waals surface area contributed by atoms with Gasteiger partial charge >= 0.3 is 0 Å². The second-order valence-corrected chi connectivity index (χ2v) is 7.74. The maximum absolute atomic E-state index is 12.3. The Kier molecular flexibility index (Phi) is 3.80. The summed E-state index contributed by atoms with van der Waals surface area (Å²) in [6.07, 6.45) is 2.23. The Bertz CT molecular complexity index is 1120. The molecule has 0 aliphatic carbocycles. The van der Waals surface area contributed by atoms with Crippen LogP contribution < -0.4 is 5.56 Å². The number of nitrogens with one attached hydrogen (secondary N) is 1. The fraction of sp³-hybridized carbons (Fsp3) is 0.250. The van der Waals surface area contributed by atoms with Crippen molar-refractivity contribution in [3.05, 3.63) is 69.7 Å². The smallest absolute Gasteiger partial charge is 0.258 e. The zero-order valence-corrected chi connectivity index (χ0v) is 15.0. The second kappa shape index (κ2) is 6.30. The van der Waals surface area contributed by atoms with Crippen molar-refractivity contribution in [1.29, 1.82) is 0 Å². The maximum Gasteiger partial charge on any atom is 0.258 e. The standard InChI is InChI=1S/C20H18N4OS/c25-19-13-6-1-2-7-14(13)21-18(23-19)12-24-11-5-9-16(24)20-22-15-8-3-4-10-17(15)26-20/h1-4,6-8,10,16H,5,9,11-12H2,(H,21,23,25)/t16-/m1/s1. The van der Waals surface area contributed by atoms with Crippen molar-refractivity contribution in [2.24, 2.45) is 0 Å². The van der Waals surface area contributed by atoms with E-state index in [1.165, 1.54) is 4.70 Å². The number of para-hydroxylation sites is 2. The van der Waals surface area contributed by atoms with Crippen molar-refractivity contribution in [3.8, 4) is 0 Å². The van der Waals surface area contributed by atoms with Gasteiger partial charge in [0.2, 0.25) is 0 Å². The van der Waals surface area contributed by atoms with Gasteiger partial charge in [0.15, 0.2) is 0 Å². The predicted octanol–water partition coefficient (Wildman–Crippen LogP) is 3.87. The molecule has 130 valence electrons. The van der Waals surface area contributed by atoms with Crippen LogP contribution in [0.4, 0.5) is 0 Å². The zero-order chi connectivity index (χ0) is 17.5. The van der Waals surface area contributed by atoms with Crippen LogP contribution in [-0.2, 0) is 6.54 Å². The van der Waals surface area contributed by atoms with Crippen LogP contribution >= 0.6 is 11.3 Å². The van der Waals surface area contributed by atoms with Crippen LogP contribution in [0, 0.1) is 0 Å². The molecule has 5 nitrogen and oxygen atoms in total. The molecule has 0 unspecified atom stereocenters. The monoisotopic (exact) mass is 362 g/mol. The normalized spacial score (nSPS) is 18.1. The van der Waals surface area contributed by atoms with E-state index in [0.717, 1.165) is 41.3 Å². The molecule has 1 saturated heterocycles. The molecule has 26 heavy (non-hydrogen) atoms. The third kappa shape index (κ3) is 2.71. The van der Waals surface area contributed by atoms with Gasteiger partial charge in [-0.15, -0.1) is 11.3 Å². The highest BCUT2D eigenvalue weighted by Crippen LogP contribution is 2.36. The molecule has 3 heterocycles. The number of likely N-dealkylation sites (tertiary alicyclic amines) is 1.